The van der Waals surface area contributed by atoms with E-state index in [0.717, 1.165) is 11.1 Å². The first-order valence-corrected chi connectivity index (χ1v) is 7.90. The molecule has 1 aliphatic heterocycles. The third kappa shape index (κ3) is 4.06. The summed E-state index contributed by atoms with van der Waals surface area (Å²) in [6.45, 7) is 0.674. The smallest absolute Gasteiger partial charge is 0.410 e. The third-order valence-corrected chi connectivity index (χ3v) is 3.95. The van der Waals surface area contributed by atoms with Gasteiger partial charge in [0.15, 0.2) is 0 Å². The minimum atomic E-state index is -0.657. The maximum atomic E-state index is 12.5. The molecule has 1 fully saturated rings. The van der Waals surface area contributed by atoms with E-state index in [-0.39, 0.29) is 19.1 Å². The second-order valence-corrected chi connectivity index (χ2v) is 5.65. The van der Waals surface area contributed by atoms with Gasteiger partial charge < -0.3 is 14.8 Å². The Kier molecular flexibility index (Phi) is 5.13. The van der Waals surface area contributed by atoms with Crippen molar-refractivity contribution in [3.8, 4) is 5.75 Å². The summed E-state index contributed by atoms with van der Waals surface area (Å²) in [6, 6.07) is 10.4. The monoisotopic (exact) mass is 341 g/mol. The van der Waals surface area contributed by atoms with Gasteiger partial charge in [0, 0.05) is 18.9 Å². The summed E-state index contributed by atoms with van der Waals surface area (Å²) in [5, 5.41) is 2.82. The number of nitrogens with zero attached hydrogens (tertiary/aromatic N) is 2. The van der Waals surface area contributed by atoms with E-state index in [2.05, 4.69) is 10.3 Å². The number of hydrogen-bond donors (Lipinski definition) is 1. The molecule has 1 aromatic carbocycles. The Labute approximate surface area is 145 Å². The van der Waals surface area contributed by atoms with E-state index in [1.54, 1.807) is 25.6 Å². The molecule has 2 amide bonds. The zero-order valence-corrected chi connectivity index (χ0v) is 13.8. The number of cyclic esters (lactones) is 1. The fourth-order valence-corrected chi connectivity index (χ4v) is 2.62. The topological polar surface area (TPSA) is 80.8 Å². The summed E-state index contributed by atoms with van der Waals surface area (Å²) in [4.78, 5) is 29.9. The first-order valence-electron chi connectivity index (χ1n) is 7.90. The molecule has 1 saturated heterocycles. The van der Waals surface area contributed by atoms with Crippen molar-refractivity contribution in [1.29, 1.82) is 0 Å². The van der Waals surface area contributed by atoms with Crippen molar-refractivity contribution in [2.75, 3.05) is 13.7 Å². The Hall–Kier alpha value is -3.09. The van der Waals surface area contributed by atoms with Crippen LogP contribution in [0, 0.1) is 0 Å². The summed E-state index contributed by atoms with van der Waals surface area (Å²) >= 11 is 0. The maximum Gasteiger partial charge on any atom is 0.410 e. The number of methoxy groups -OCH3 is 1. The van der Waals surface area contributed by atoms with E-state index < -0.39 is 12.1 Å². The predicted octanol–water partition coefficient (Wildman–Crippen LogP) is 1.73. The molecule has 0 saturated carbocycles. The highest BCUT2D eigenvalue weighted by atomic mass is 16.6. The lowest BCUT2D eigenvalue weighted by Gasteiger charge is -2.21. The van der Waals surface area contributed by atoms with Gasteiger partial charge in [-0.25, -0.2) is 4.79 Å². The number of carbonyl (C=O) groups excluding carboxylic acids is 2. The molecule has 2 aromatic rings. The van der Waals surface area contributed by atoms with E-state index in [9.17, 15) is 9.59 Å². The highest BCUT2D eigenvalue weighted by Crippen LogP contribution is 2.20. The molecule has 3 rings (SSSR count). The van der Waals surface area contributed by atoms with Crippen molar-refractivity contribution < 1.29 is 19.1 Å². The first kappa shape index (κ1) is 16.8. The molecule has 0 spiro atoms. The van der Waals surface area contributed by atoms with Crippen LogP contribution in [0.15, 0.2) is 48.8 Å². The molecule has 0 radical (unpaired) electrons. The number of carbonyl (C=O) groups is 2. The van der Waals surface area contributed by atoms with Crippen LogP contribution in [0.25, 0.3) is 0 Å². The van der Waals surface area contributed by atoms with Gasteiger partial charge in [-0.2, -0.15) is 0 Å². The van der Waals surface area contributed by atoms with Gasteiger partial charge >= 0.3 is 6.09 Å². The second-order valence-electron chi connectivity index (χ2n) is 5.65. The summed E-state index contributed by atoms with van der Waals surface area (Å²) in [5.41, 5.74) is 1.75. The average molecular weight is 341 g/mol. The van der Waals surface area contributed by atoms with Crippen LogP contribution < -0.4 is 10.1 Å². The average Bonchev–Trinajstić information content (AvgIpc) is 3.01. The Morgan fingerprint density at radius 1 is 1.36 bits per heavy atom. The Morgan fingerprint density at radius 2 is 2.20 bits per heavy atom. The van der Waals surface area contributed by atoms with Gasteiger partial charge in [-0.15, -0.1) is 0 Å². The van der Waals surface area contributed by atoms with E-state index >= 15 is 0 Å². The minimum Gasteiger partial charge on any atom is -0.497 e. The van der Waals surface area contributed by atoms with Gasteiger partial charge in [0.05, 0.1) is 13.7 Å². The Bertz CT molecular complexity index is 751. The van der Waals surface area contributed by atoms with Crippen LogP contribution in [-0.2, 0) is 22.6 Å². The molecule has 1 aliphatic rings. The van der Waals surface area contributed by atoms with Gasteiger partial charge in [0.2, 0.25) is 5.91 Å². The quantitative estimate of drug-likeness (QED) is 0.865. The number of aromatic nitrogens is 1. The number of hydrogen-bond acceptors (Lipinski definition) is 5. The molecule has 25 heavy (non-hydrogen) atoms. The summed E-state index contributed by atoms with van der Waals surface area (Å²) in [5.74, 6) is 0.445. The van der Waals surface area contributed by atoms with Crippen LogP contribution in [0.1, 0.15) is 11.1 Å². The number of benzene rings is 1. The van der Waals surface area contributed by atoms with Crippen molar-refractivity contribution in [2.45, 2.75) is 19.1 Å². The lowest BCUT2D eigenvalue weighted by molar-refractivity contribution is -0.125. The van der Waals surface area contributed by atoms with Gasteiger partial charge in [-0.1, -0.05) is 18.2 Å². The van der Waals surface area contributed by atoms with Crippen LogP contribution in [0.2, 0.25) is 0 Å². The van der Waals surface area contributed by atoms with Gasteiger partial charge in [-0.3, -0.25) is 14.7 Å². The van der Waals surface area contributed by atoms with Gasteiger partial charge in [-0.05, 0) is 29.3 Å². The van der Waals surface area contributed by atoms with Crippen molar-refractivity contribution in [3.63, 3.8) is 0 Å². The predicted molar refractivity (Wildman–Crippen MR) is 89.8 cm³/mol. The molecular formula is C18H19N3O4. The molecule has 1 atom stereocenters. The molecular weight excluding hydrogens is 322 g/mol. The van der Waals surface area contributed by atoms with Crippen molar-refractivity contribution in [3.05, 3.63) is 59.9 Å². The fraction of sp³-hybridized carbons (Fsp3) is 0.278. The molecule has 1 N–H and O–H groups in total. The van der Waals surface area contributed by atoms with Crippen molar-refractivity contribution >= 4 is 12.0 Å². The number of pyridine rings is 1. The number of ether oxygens (including phenoxy) is 2. The lowest BCUT2D eigenvalue weighted by Crippen LogP contribution is -2.45. The zero-order valence-electron chi connectivity index (χ0n) is 13.8. The van der Waals surface area contributed by atoms with E-state index in [0.29, 0.717) is 12.3 Å². The highest BCUT2D eigenvalue weighted by Gasteiger charge is 2.37. The second kappa shape index (κ2) is 7.65. The Morgan fingerprint density at radius 3 is 2.96 bits per heavy atom. The largest absolute Gasteiger partial charge is 0.497 e. The summed E-state index contributed by atoms with van der Waals surface area (Å²) in [7, 11) is 1.58. The third-order valence-electron chi connectivity index (χ3n) is 3.95. The van der Waals surface area contributed by atoms with Crippen LogP contribution >= 0.6 is 0 Å². The van der Waals surface area contributed by atoms with Gasteiger partial charge in [0.25, 0.3) is 0 Å². The summed E-state index contributed by atoms with van der Waals surface area (Å²) in [6.07, 6.45) is 2.86. The maximum absolute atomic E-state index is 12.5. The van der Waals surface area contributed by atoms with Crippen molar-refractivity contribution in [1.82, 2.24) is 15.2 Å². The molecule has 0 bridgehead atoms. The number of nitrogens with one attached hydrogen (secondary N) is 1. The Balaban J connectivity index is 1.65. The van der Waals surface area contributed by atoms with Crippen LogP contribution in [0.3, 0.4) is 0 Å². The van der Waals surface area contributed by atoms with Crippen LogP contribution in [0.4, 0.5) is 4.79 Å². The SMILES string of the molecule is COc1cccc(CN2C(=O)OC[C@H]2C(=O)NCc2cccnc2)c1. The van der Waals surface area contributed by atoms with E-state index in [1.807, 2.05) is 30.3 Å². The van der Waals surface area contributed by atoms with E-state index in [4.69, 9.17) is 9.47 Å². The summed E-state index contributed by atoms with van der Waals surface area (Å²) < 4.78 is 10.3. The minimum absolute atomic E-state index is 0.0433. The molecule has 7 heteroatoms. The molecule has 2 heterocycles. The van der Waals surface area contributed by atoms with Crippen LogP contribution in [-0.4, -0.2) is 41.6 Å². The van der Waals surface area contributed by atoms with Crippen molar-refractivity contribution in [2.24, 2.45) is 0 Å². The van der Waals surface area contributed by atoms with Gasteiger partial charge in [0.1, 0.15) is 18.4 Å². The highest BCUT2D eigenvalue weighted by molar-refractivity contribution is 5.87. The van der Waals surface area contributed by atoms with E-state index in [1.165, 1.54) is 4.90 Å². The molecule has 7 nitrogen and oxygen atoms in total. The molecule has 0 aliphatic carbocycles. The zero-order chi connectivity index (χ0) is 17.6. The number of rotatable bonds is 6. The normalized spacial score (nSPS) is 16.4. The lowest BCUT2D eigenvalue weighted by atomic mass is 10.1. The standard InChI is InChI=1S/C18H19N3O4/c1-24-15-6-2-4-13(8-15)11-21-16(12-25-18(21)23)17(22)20-10-14-5-3-7-19-9-14/h2-9,16H,10-12H2,1H3,(H,20,22)/t16-/m0/s1. The molecule has 130 valence electrons. The fourth-order valence-electron chi connectivity index (χ4n) is 2.62. The molecule has 1 aromatic heterocycles. The first-order chi connectivity index (χ1) is 12.2. The van der Waals surface area contributed by atoms with Crippen LogP contribution in [0.5, 0.6) is 5.75 Å². The number of amides is 2. The molecule has 0 unspecified atom stereocenters.